The lowest BCUT2D eigenvalue weighted by Crippen LogP contribution is -2.40. The summed E-state index contributed by atoms with van der Waals surface area (Å²) in [6.45, 7) is 8.90. The van der Waals surface area contributed by atoms with Crippen LogP contribution in [-0.2, 0) is 19.6 Å². The van der Waals surface area contributed by atoms with Crippen LogP contribution in [0.4, 0.5) is 0 Å². The van der Waals surface area contributed by atoms with Crippen molar-refractivity contribution in [3.05, 3.63) is 0 Å². The largest absolute Gasteiger partial charge is 0.391 e. The molecule has 0 aromatic heterocycles. The molecule has 1 heterocycles. The predicted octanol–water partition coefficient (Wildman–Crippen LogP) is 1.94. The number of rotatable bonds is 1. The molecule has 1 aliphatic rings. The van der Waals surface area contributed by atoms with Gasteiger partial charge in [-0.25, -0.2) is 9.78 Å². The fraction of sp³-hybridized carbons (Fsp3) is 1.00. The van der Waals surface area contributed by atoms with E-state index in [0.717, 1.165) is 12.8 Å². The number of aliphatic hydroxyl groups is 1. The molecule has 0 radical (unpaired) electrons. The van der Waals surface area contributed by atoms with Gasteiger partial charge in [0.05, 0.1) is 11.2 Å². The van der Waals surface area contributed by atoms with Crippen molar-refractivity contribution in [1.29, 1.82) is 0 Å². The Morgan fingerprint density at radius 2 is 1.19 bits per heavy atom. The molecule has 0 aromatic carbocycles. The second kappa shape index (κ2) is 4.58. The normalized spacial score (nSPS) is 28.9. The lowest BCUT2D eigenvalue weighted by atomic mass is 9.94. The highest BCUT2D eigenvalue weighted by atomic mass is 17.3. The van der Waals surface area contributed by atoms with Gasteiger partial charge in [0.1, 0.15) is 6.61 Å². The van der Waals surface area contributed by atoms with E-state index in [2.05, 4.69) is 0 Å². The third-order valence-corrected chi connectivity index (χ3v) is 2.50. The maximum absolute atomic E-state index is 9.19. The average Bonchev–Trinajstić information content (AvgIpc) is 2.24. The van der Waals surface area contributed by atoms with Crippen LogP contribution in [0.15, 0.2) is 0 Å². The SMILES string of the molecule is CC1(C)CCC(C)(C)OOC(C)(CO)OO1. The molecule has 0 atom stereocenters. The van der Waals surface area contributed by atoms with Crippen LogP contribution in [0.2, 0.25) is 0 Å². The van der Waals surface area contributed by atoms with Crippen molar-refractivity contribution in [3.8, 4) is 0 Å². The summed E-state index contributed by atoms with van der Waals surface area (Å²) in [5.74, 6) is -1.29. The minimum Gasteiger partial charge on any atom is -0.391 e. The van der Waals surface area contributed by atoms with Gasteiger partial charge in [-0.3, -0.25) is 0 Å². The van der Waals surface area contributed by atoms with Gasteiger partial charge in [-0.15, -0.1) is 0 Å². The Morgan fingerprint density at radius 3 is 1.50 bits per heavy atom. The first kappa shape index (κ1) is 13.9. The molecular weight excluding hydrogens is 212 g/mol. The summed E-state index contributed by atoms with van der Waals surface area (Å²) >= 11 is 0. The monoisotopic (exact) mass is 234 g/mol. The molecule has 0 bridgehead atoms. The molecular formula is C11H22O5. The van der Waals surface area contributed by atoms with Gasteiger partial charge in [-0.2, -0.15) is 9.78 Å². The Bertz CT molecular complexity index is 217. The molecule has 1 aliphatic heterocycles. The van der Waals surface area contributed by atoms with E-state index in [1.807, 2.05) is 27.7 Å². The fourth-order valence-corrected chi connectivity index (χ4v) is 1.15. The minimum atomic E-state index is -1.29. The molecule has 5 heteroatoms. The number of aliphatic hydroxyl groups excluding tert-OH is 1. The Hall–Kier alpha value is -0.200. The van der Waals surface area contributed by atoms with Gasteiger partial charge in [-0.1, -0.05) is 0 Å². The summed E-state index contributed by atoms with van der Waals surface area (Å²) in [5, 5.41) is 9.19. The summed E-state index contributed by atoms with van der Waals surface area (Å²) < 4.78 is 0. The third-order valence-electron chi connectivity index (χ3n) is 2.50. The number of hydrogen-bond donors (Lipinski definition) is 1. The van der Waals surface area contributed by atoms with Crippen LogP contribution in [0.25, 0.3) is 0 Å². The smallest absolute Gasteiger partial charge is 0.253 e. The van der Waals surface area contributed by atoms with Gasteiger partial charge >= 0.3 is 0 Å². The van der Waals surface area contributed by atoms with Crippen LogP contribution in [0.3, 0.4) is 0 Å². The molecule has 1 N–H and O–H groups in total. The van der Waals surface area contributed by atoms with Crippen LogP contribution in [0.5, 0.6) is 0 Å². The molecule has 1 rings (SSSR count). The number of hydrogen-bond acceptors (Lipinski definition) is 5. The summed E-state index contributed by atoms with van der Waals surface area (Å²) in [6.07, 6.45) is 1.54. The van der Waals surface area contributed by atoms with Crippen LogP contribution in [-0.4, -0.2) is 28.7 Å². The van der Waals surface area contributed by atoms with E-state index in [0.29, 0.717) is 0 Å². The van der Waals surface area contributed by atoms with E-state index in [4.69, 9.17) is 19.6 Å². The standard InChI is InChI=1S/C11H22O5/c1-9(2)6-7-10(3,4)14-16-11(5,8-12)15-13-9/h12H,6-8H2,1-5H3. The van der Waals surface area contributed by atoms with Crippen molar-refractivity contribution < 1.29 is 24.7 Å². The van der Waals surface area contributed by atoms with E-state index in [-0.39, 0.29) is 6.61 Å². The molecule has 1 fully saturated rings. The van der Waals surface area contributed by atoms with E-state index in [9.17, 15) is 5.11 Å². The zero-order valence-electron chi connectivity index (χ0n) is 10.7. The highest BCUT2D eigenvalue weighted by molar-refractivity contribution is 4.76. The molecule has 1 saturated heterocycles. The molecule has 0 amide bonds. The van der Waals surface area contributed by atoms with Gasteiger partial charge in [0.2, 0.25) is 0 Å². The zero-order chi connectivity index (χ0) is 12.4. The molecule has 0 saturated carbocycles. The highest BCUT2D eigenvalue weighted by Gasteiger charge is 2.38. The molecule has 0 aliphatic carbocycles. The Kier molecular flexibility index (Phi) is 3.97. The van der Waals surface area contributed by atoms with Gasteiger partial charge in [0.15, 0.2) is 0 Å². The maximum Gasteiger partial charge on any atom is 0.253 e. The summed E-state index contributed by atoms with van der Waals surface area (Å²) in [7, 11) is 0. The molecule has 5 nitrogen and oxygen atoms in total. The van der Waals surface area contributed by atoms with E-state index >= 15 is 0 Å². The van der Waals surface area contributed by atoms with Crippen LogP contribution >= 0.6 is 0 Å². The maximum atomic E-state index is 9.19. The van der Waals surface area contributed by atoms with E-state index in [1.165, 1.54) is 0 Å². The van der Waals surface area contributed by atoms with Crippen molar-refractivity contribution in [2.75, 3.05) is 6.61 Å². The highest BCUT2D eigenvalue weighted by Crippen LogP contribution is 2.30. The van der Waals surface area contributed by atoms with Crippen molar-refractivity contribution in [3.63, 3.8) is 0 Å². The molecule has 16 heavy (non-hydrogen) atoms. The minimum absolute atomic E-state index is 0.348. The Balaban J connectivity index is 2.79. The summed E-state index contributed by atoms with van der Waals surface area (Å²) in [5.41, 5.74) is -0.879. The lowest BCUT2D eigenvalue weighted by molar-refractivity contribution is -0.535. The molecule has 0 unspecified atom stereocenters. The average molecular weight is 234 g/mol. The van der Waals surface area contributed by atoms with Crippen molar-refractivity contribution in [2.45, 2.75) is 64.4 Å². The summed E-state index contributed by atoms with van der Waals surface area (Å²) in [4.78, 5) is 20.8. The first-order valence-corrected chi connectivity index (χ1v) is 5.53. The Morgan fingerprint density at radius 1 is 0.812 bits per heavy atom. The van der Waals surface area contributed by atoms with Crippen molar-refractivity contribution >= 4 is 0 Å². The van der Waals surface area contributed by atoms with Crippen LogP contribution < -0.4 is 0 Å². The molecule has 96 valence electrons. The summed E-state index contributed by atoms with van der Waals surface area (Å²) in [6, 6.07) is 0. The van der Waals surface area contributed by atoms with Crippen molar-refractivity contribution in [1.82, 2.24) is 0 Å². The van der Waals surface area contributed by atoms with Gasteiger partial charge < -0.3 is 5.11 Å². The van der Waals surface area contributed by atoms with E-state index < -0.39 is 17.0 Å². The van der Waals surface area contributed by atoms with E-state index in [1.54, 1.807) is 6.92 Å². The van der Waals surface area contributed by atoms with Gasteiger partial charge in [0.25, 0.3) is 5.79 Å². The molecule has 0 spiro atoms. The molecule has 0 aromatic rings. The van der Waals surface area contributed by atoms with Crippen molar-refractivity contribution in [2.24, 2.45) is 0 Å². The first-order chi connectivity index (χ1) is 7.18. The lowest BCUT2D eigenvalue weighted by Gasteiger charge is -2.29. The van der Waals surface area contributed by atoms with Gasteiger partial charge in [-0.05, 0) is 47.5 Å². The quantitative estimate of drug-likeness (QED) is 0.703. The second-order valence-electron chi connectivity index (χ2n) is 5.64. The Labute approximate surface area is 96.5 Å². The fourth-order valence-electron chi connectivity index (χ4n) is 1.15. The first-order valence-electron chi connectivity index (χ1n) is 5.53. The van der Waals surface area contributed by atoms with Crippen LogP contribution in [0, 0.1) is 0 Å². The topological polar surface area (TPSA) is 57.2 Å². The predicted molar refractivity (Wildman–Crippen MR) is 57.2 cm³/mol. The zero-order valence-corrected chi connectivity index (χ0v) is 10.7. The van der Waals surface area contributed by atoms with Gasteiger partial charge in [0, 0.05) is 0 Å². The third kappa shape index (κ3) is 3.99. The van der Waals surface area contributed by atoms with Crippen LogP contribution in [0.1, 0.15) is 47.5 Å². The second-order valence-corrected chi connectivity index (χ2v) is 5.64.